The van der Waals surface area contributed by atoms with Crippen molar-refractivity contribution in [1.82, 2.24) is 0 Å². The second-order valence-electron chi connectivity index (χ2n) is 9.90. The molecule has 1 heterocycles. The topological polar surface area (TPSA) is 18.5 Å². The minimum atomic E-state index is -4.74. The Hall–Kier alpha value is -2.51. The number of hydrogen-bond acceptors (Lipinski definition) is 2. The minimum Gasteiger partial charge on any atom is -0.352 e. The molecule has 0 bridgehead atoms. The fourth-order valence-corrected chi connectivity index (χ4v) is 4.84. The molecular formula is C30H33F5O2. The molecule has 0 unspecified atom stereocenters. The quantitative estimate of drug-likeness (QED) is 0.197. The van der Waals surface area contributed by atoms with Gasteiger partial charge >= 0.3 is 6.18 Å². The van der Waals surface area contributed by atoms with Crippen molar-refractivity contribution >= 4 is 10.8 Å². The lowest BCUT2D eigenvalue weighted by Gasteiger charge is -2.29. The van der Waals surface area contributed by atoms with E-state index in [4.69, 9.17) is 9.47 Å². The van der Waals surface area contributed by atoms with Crippen LogP contribution in [-0.2, 0) is 34.9 Å². The Labute approximate surface area is 214 Å². The zero-order chi connectivity index (χ0) is 26.4. The number of aryl methyl sites for hydroxylation is 3. The first-order valence-electron chi connectivity index (χ1n) is 13.0. The summed E-state index contributed by atoms with van der Waals surface area (Å²) in [5.41, 5.74) is 0.604. The molecule has 2 nitrogen and oxygen atoms in total. The van der Waals surface area contributed by atoms with Gasteiger partial charge in [-0.15, -0.1) is 0 Å². The Morgan fingerprint density at radius 3 is 2.24 bits per heavy atom. The van der Waals surface area contributed by atoms with Gasteiger partial charge in [0.1, 0.15) is 11.6 Å². The van der Waals surface area contributed by atoms with Crippen molar-refractivity contribution in [3.8, 4) is 0 Å². The van der Waals surface area contributed by atoms with E-state index in [1.807, 2.05) is 18.2 Å². The number of ether oxygens (including phenoxy) is 2. The molecule has 0 amide bonds. The Bertz CT molecular complexity index is 1180. The molecule has 7 heteroatoms. The van der Waals surface area contributed by atoms with Gasteiger partial charge in [0.15, 0.2) is 6.29 Å². The van der Waals surface area contributed by atoms with Crippen LogP contribution in [0.3, 0.4) is 0 Å². The van der Waals surface area contributed by atoms with E-state index in [2.05, 4.69) is 6.92 Å². The van der Waals surface area contributed by atoms with Gasteiger partial charge in [-0.2, -0.15) is 13.2 Å². The van der Waals surface area contributed by atoms with Crippen molar-refractivity contribution in [1.29, 1.82) is 0 Å². The zero-order valence-electron chi connectivity index (χ0n) is 21.1. The van der Waals surface area contributed by atoms with Gasteiger partial charge in [-0.05, 0) is 59.9 Å². The first-order valence-corrected chi connectivity index (χ1v) is 13.0. The third-order valence-electron chi connectivity index (χ3n) is 7.04. The zero-order valence-corrected chi connectivity index (χ0v) is 21.1. The SMILES string of the molecule is CCCCCC1COC(CCc2ccc3c(F)c(CCc4ccc(C(F)(F)F)c(F)c4)ccc3c2)OC1. The third kappa shape index (κ3) is 7.29. The molecule has 0 radical (unpaired) electrons. The number of benzene rings is 3. The lowest BCUT2D eigenvalue weighted by atomic mass is 9.97. The maximum atomic E-state index is 15.2. The Morgan fingerprint density at radius 1 is 0.811 bits per heavy atom. The van der Waals surface area contributed by atoms with Crippen molar-refractivity contribution < 1.29 is 31.4 Å². The molecule has 0 saturated carbocycles. The van der Waals surface area contributed by atoms with E-state index >= 15 is 4.39 Å². The molecule has 0 atom stereocenters. The highest BCUT2D eigenvalue weighted by molar-refractivity contribution is 5.84. The summed E-state index contributed by atoms with van der Waals surface area (Å²) < 4.78 is 79.1. The molecule has 1 aliphatic heterocycles. The van der Waals surface area contributed by atoms with Crippen molar-refractivity contribution in [3.05, 3.63) is 82.4 Å². The standard InChI is InChI=1S/C30H33F5O2/c1-2-3-4-5-22-18-36-28(37-19-22)15-9-20-7-13-25-24(16-20)12-11-23(29(25)32)10-6-21-8-14-26(27(31)17-21)30(33,34)35/h7-8,11-14,16-17,22,28H,2-6,9-10,15,18-19H2,1H3. The summed E-state index contributed by atoms with van der Waals surface area (Å²) in [5, 5.41) is 1.26. The average Bonchev–Trinajstić information content (AvgIpc) is 2.87. The van der Waals surface area contributed by atoms with Crippen LogP contribution >= 0.6 is 0 Å². The van der Waals surface area contributed by atoms with E-state index in [1.165, 1.54) is 25.3 Å². The lowest BCUT2D eigenvalue weighted by molar-refractivity contribution is -0.203. The second-order valence-corrected chi connectivity index (χ2v) is 9.90. The summed E-state index contributed by atoms with van der Waals surface area (Å²) in [6.45, 7) is 3.67. The third-order valence-corrected chi connectivity index (χ3v) is 7.04. The molecule has 3 aromatic rings. The van der Waals surface area contributed by atoms with Gasteiger partial charge in [0.2, 0.25) is 0 Å². The van der Waals surface area contributed by atoms with Crippen LogP contribution in [0.1, 0.15) is 61.3 Å². The Balaban J connectivity index is 1.32. The van der Waals surface area contributed by atoms with Crippen LogP contribution in [0.2, 0.25) is 0 Å². The molecule has 1 saturated heterocycles. The number of hydrogen-bond donors (Lipinski definition) is 0. The van der Waals surface area contributed by atoms with E-state index in [-0.39, 0.29) is 24.9 Å². The molecule has 0 aromatic heterocycles. The number of halogens is 5. The number of rotatable bonds is 10. The molecule has 4 rings (SSSR count). The predicted molar refractivity (Wildman–Crippen MR) is 134 cm³/mol. The maximum Gasteiger partial charge on any atom is 0.419 e. The fourth-order valence-electron chi connectivity index (χ4n) is 4.84. The van der Waals surface area contributed by atoms with Crippen molar-refractivity contribution in [2.75, 3.05) is 13.2 Å². The van der Waals surface area contributed by atoms with Gasteiger partial charge in [-0.1, -0.05) is 62.6 Å². The highest BCUT2D eigenvalue weighted by Gasteiger charge is 2.33. The van der Waals surface area contributed by atoms with Crippen LogP contribution in [-0.4, -0.2) is 19.5 Å². The normalized spacial score (nSPS) is 18.4. The summed E-state index contributed by atoms with van der Waals surface area (Å²) >= 11 is 0. The number of fused-ring (bicyclic) bond motifs is 1. The van der Waals surface area contributed by atoms with Gasteiger partial charge < -0.3 is 9.47 Å². The molecule has 3 aromatic carbocycles. The molecule has 0 aliphatic carbocycles. The maximum absolute atomic E-state index is 15.2. The van der Waals surface area contributed by atoms with Crippen LogP contribution in [0.15, 0.2) is 48.5 Å². The van der Waals surface area contributed by atoms with Crippen LogP contribution in [0.4, 0.5) is 22.0 Å². The predicted octanol–water partition coefficient (Wildman–Crippen LogP) is 8.42. The number of alkyl halides is 3. The van der Waals surface area contributed by atoms with E-state index < -0.39 is 17.6 Å². The number of unbranched alkanes of at least 4 members (excludes halogenated alkanes) is 2. The smallest absolute Gasteiger partial charge is 0.352 e. The van der Waals surface area contributed by atoms with Crippen LogP contribution in [0.5, 0.6) is 0 Å². The summed E-state index contributed by atoms with van der Waals surface area (Å²) in [4.78, 5) is 0. The van der Waals surface area contributed by atoms with Crippen molar-refractivity contribution in [2.45, 2.75) is 70.8 Å². The van der Waals surface area contributed by atoms with E-state index in [0.29, 0.717) is 22.4 Å². The first-order chi connectivity index (χ1) is 17.7. The largest absolute Gasteiger partial charge is 0.419 e. The monoisotopic (exact) mass is 520 g/mol. The summed E-state index contributed by atoms with van der Waals surface area (Å²) in [7, 11) is 0. The van der Waals surface area contributed by atoms with Gasteiger partial charge in [-0.3, -0.25) is 0 Å². The minimum absolute atomic E-state index is 0.215. The molecule has 37 heavy (non-hydrogen) atoms. The van der Waals surface area contributed by atoms with E-state index in [1.54, 1.807) is 12.1 Å². The highest BCUT2D eigenvalue weighted by Crippen LogP contribution is 2.32. The van der Waals surface area contributed by atoms with Crippen molar-refractivity contribution in [2.24, 2.45) is 5.92 Å². The summed E-state index contributed by atoms with van der Waals surface area (Å²) in [6.07, 6.45) is 1.82. The molecule has 0 N–H and O–H groups in total. The average molecular weight is 521 g/mol. The molecule has 200 valence electrons. The molecule has 0 spiro atoms. The van der Waals surface area contributed by atoms with Gasteiger partial charge in [0.25, 0.3) is 0 Å². The summed E-state index contributed by atoms with van der Waals surface area (Å²) in [6, 6.07) is 12.0. The second kappa shape index (κ2) is 12.4. The Morgan fingerprint density at radius 2 is 1.54 bits per heavy atom. The van der Waals surface area contributed by atoms with Crippen molar-refractivity contribution in [3.63, 3.8) is 0 Å². The summed E-state index contributed by atoms with van der Waals surface area (Å²) in [5.74, 6) is -1.20. The first kappa shape index (κ1) is 27.5. The molecule has 1 fully saturated rings. The van der Waals surface area contributed by atoms with Gasteiger partial charge in [-0.25, -0.2) is 8.78 Å². The van der Waals surface area contributed by atoms with Crippen LogP contribution < -0.4 is 0 Å². The Kier molecular flexibility index (Phi) is 9.19. The molecule has 1 aliphatic rings. The lowest BCUT2D eigenvalue weighted by Crippen LogP contribution is -2.32. The van der Waals surface area contributed by atoms with Crippen LogP contribution in [0.25, 0.3) is 10.8 Å². The molecular weight excluding hydrogens is 487 g/mol. The fraction of sp³-hybridized carbons (Fsp3) is 0.467. The van der Waals surface area contributed by atoms with Crippen LogP contribution in [0, 0.1) is 17.6 Å². The van der Waals surface area contributed by atoms with Gasteiger partial charge in [0.05, 0.1) is 18.8 Å². The van der Waals surface area contributed by atoms with E-state index in [0.717, 1.165) is 55.6 Å². The highest BCUT2D eigenvalue weighted by atomic mass is 19.4. The van der Waals surface area contributed by atoms with Gasteiger partial charge in [0, 0.05) is 17.7 Å². The van der Waals surface area contributed by atoms with E-state index in [9.17, 15) is 17.6 Å².